The highest BCUT2D eigenvalue weighted by Gasteiger charge is 2.14. The summed E-state index contributed by atoms with van der Waals surface area (Å²) in [6.07, 6.45) is 1.72. The van der Waals surface area contributed by atoms with Crippen LogP contribution in [0.5, 0.6) is 5.06 Å². The van der Waals surface area contributed by atoms with Crippen molar-refractivity contribution >= 4 is 11.3 Å². The zero-order valence-corrected chi connectivity index (χ0v) is 8.08. The normalized spacial score (nSPS) is 10.2. The number of benzene rings is 1. The van der Waals surface area contributed by atoms with Crippen LogP contribution in [0.2, 0.25) is 0 Å². The number of rotatable bonds is 1. The maximum Gasteiger partial charge on any atom is 0.272 e. The molecule has 0 atom stereocenters. The number of aromatic nitrogens is 1. The molecule has 2 aromatic rings. The Hall–Kier alpha value is -1.35. The van der Waals surface area contributed by atoms with Gasteiger partial charge in [0.05, 0.1) is 5.56 Å². The molecule has 1 N–H and O–H groups in total. The average molecular weight is 192 g/mol. The fourth-order valence-corrected chi connectivity index (χ4v) is 2.12. The maximum atomic E-state index is 9.29. The minimum atomic E-state index is 0.348. The minimum absolute atomic E-state index is 0.348. The molecule has 0 unspecified atom stereocenters. The van der Waals surface area contributed by atoms with E-state index in [0.29, 0.717) is 5.06 Å². The summed E-state index contributed by atoms with van der Waals surface area (Å²) >= 11 is 1.39. The Morgan fingerprint density at radius 3 is 2.46 bits per heavy atom. The Balaban J connectivity index is 2.53. The largest absolute Gasteiger partial charge is 0.495 e. The molecule has 0 amide bonds. The van der Waals surface area contributed by atoms with Gasteiger partial charge in [0.2, 0.25) is 11.3 Å². The Bertz CT molecular complexity index is 408. The molecule has 0 aliphatic rings. The average Bonchev–Trinajstić information content (AvgIpc) is 2.47. The molecule has 1 aromatic carbocycles. The third kappa shape index (κ3) is 1.55. The quantitative estimate of drug-likeness (QED) is 0.686. The van der Waals surface area contributed by atoms with Crippen LogP contribution in [0.3, 0.4) is 0 Å². The van der Waals surface area contributed by atoms with Gasteiger partial charge in [0.1, 0.15) is 7.05 Å². The van der Waals surface area contributed by atoms with Gasteiger partial charge in [0.15, 0.2) is 0 Å². The Morgan fingerprint density at radius 1 is 1.23 bits per heavy atom. The lowest BCUT2D eigenvalue weighted by atomic mass is 10.2. The van der Waals surface area contributed by atoms with Gasteiger partial charge >= 0.3 is 0 Å². The molecule has 1 heterocycles. The first-order valence-electron chi connectivity index (χ1n) is 4.01. The molecule has 2 rings (SSSR count). The van der Waals surface area contributed by atoms with Crippen molar-refractivity contribution in [2.75, 3.05) is 0 Å². The van der Waals surface area contributed by atoms with Crippen LogP contribution >= 0.6 is 11.3 Å². The first kappa shape index (κ1) is 8.26. The highest BCUT2D eigenvalue weighted by Crippen LogP contribution is 2.26. The highest BCUT2D eigenvalue weighted by molar-refractivity contribution is 7.16. The van der Waals surface area contributed by atoms with E-state index in [1.54, 1.807) is 6.20 Å². The molecule has 0 aliphatic heterocycles. The van der Waals surface area contributed by atoms with Crippen molar-refractivity contribution in [2.24, 2.45) is 7.05 Å². The van der Waals surface area contributed by atoms with Crippen LogP contribution in [0.1, 0.15) is 0 Å². The SMILES string of the molecule is C[n+]1cc(O)sc1-c1ccccc1. The molecular formula is C10H10NOS+. The molecule has 0 bridgehead atoms. The summed E-state index contributed by atoms with van der Waals surface area (Å²) in [4.78, 5) is 0. The molecule has 0 spiro atoms. The van der Waals surface area contributed by atoms with Crippen molar-refractivity contribution in [3.8, 4) is 15.6 Å². The minimum Gasteiger partial charge on any atom is -0.495 e. The van der Waals surface area contributed by atoms with Crippen LogP contribution in [0.25, 0.3) is 10.6 Å². The topological polar surface area (TPSA) is 24.1 Å². The number of nitrogens with zero attached hydrogens (tertiary/aromatic N) is 1. The van der Waals surface area contributed by atoms with Gasteiger partial charge in [0.25, 0.3) is 5.01 Å². The number of hydrogen-bond donors (Lipinski definition) is 1. The van der Waals surface area contributed by atoms with Crippen molar-refractivity contribution in [1.29, 1.82) is 0 Å². The molecule has 0 saturated heterocycles. The second kappa shape index (κ2) is 3.18. The molecule has 0 radical (unpaired) electrons. The molecule has 1 aromatic heterocycles. The van der Waals surface area contributed by atoms with E-state index in [4.69, 9.17) is 0 Å². The fourth-order valence-electron chi connectivity index (χ4n) is 1.26. The van der Waals surface area contributed by atoms with Crippen LogP contribution in [-0.4, -0.2) is 5.11 Å². The molecule has 0 saturated carbocycles. The van der Waals surface area contributed by atoms with Gasteiger partial charge in [-0.05, 0) is 23.5 Å². The summed E-state index contributed by atoms with van der Waals surface area (Å²) in [6.45, 7) is 0. The Labute approximate surface area is 80.7 Å². The third-order valence-electron chi connectivity index (χ3n) is 1.85. The second-order valence-corrected chi connectivity index (χ2v) is 3.86. The van der Waals surface area contributed by atoms with Gasteiger partial charge in [-0.3, -0.25) is 0 Å². The standard InChI is InChI=1S/C10H9NOS/c1-11-7-9(12)13-10(11)8-5-3-2-4-6-8/h2-7H,1H3/p+1. The Kier molecular flexibility index (Phi) is 2.02. The summed E-state index contributed by atoms with van der Waals surface area (Å²) < 4.78 is 1.93. The van der Waals surface area contributed by atoms with Crippen molar-refractivity contribution in [1.82, 2.24) is 0 Å². The van der Waals surface area contributed by atoms with E-state index in [9.17, 15) is 5.11 Å². The predicted molar refractivity (Wildman–Crippen MR) is 52.6 cm³/mol. The predicted octanol–water partition coefficient (Wildman–Crippen LogP) is 1.95. The maximum absolute atomic E-state index is 9.29. The molecule has 0 aliphatic carbocycles. The van der Waals surface area contributed by atoms with E-state index >= 15 is 0 Å². The van der Waals surface area contributed by atoms with Gasteiger partial charge in [-0.25, -0.2) is 0 Å². The first-order valence-corrected chi connectivity index (χ1v) is 4.83. The first-order chi connectivity index (χ1) is 6.27. The molecule has 13 heavy (non-hydrogen) atoms. The van der Waals surface area contributed by atoms with Gasteiger partial charge in [-0.2, -0.15) is 4.57 Å². The van der Waals surface area contributed by atoms with Crippen LogP contribution in [0.15, 0.2) is 36.5 Å². The highest BCUT2D eigenvalue weighted by atomic mass is 32.1. The smallest absolute Gasteiger partial charge is 0.272 e. The number of hydrogen-bond acceptors (Lipinski definition) is 2. The number of aryl methyl sites for hydroxylation is 1. The zero-order chi connectivity index (χ0) is 9.26. The summed E-state index contributed by atoms with van der Waals surface area (Å²) in [5.41, 5.74) is 1.13. The number of thiazole rings is 1. The number of aromatic hydroxyl groups is 1. The lowest BCUT2D eigenvalue weighted by Gasteiger charge is -1.91. The van der Waals surface area contributed by atoms with E-state index in [2.05, 4.69) is 0 Å². The molecule has 0 fully saturated rings. The van der Waals surface area contributed by atoms with Crippen LogP contribution in [0, 0.1) is 0 Å². The van der Waals surface area contributed by atoms with Gasteiger partial charge in [-0.1, -0.05) is 18.2 Å². The lowest BCUT2D eigenvalue weighted by molar-refractivity contribution is -0.656. The van der Waals surface area contributed by atoms with E-state index in [1.165, 1.54) is 11.3 Å². The fraction of sp³-hybridized carbons (Fsp3) is 0.100. The van der Waals surface area contributed by atoms with Gasteiger partial charge in [-0.15, -0.1) is 0 Å². The van der Waals surface area contributed by atoms with E-state index in [-0.39, 0.29) is 0 Å². The third-order valence-corrected chi connectivity index (χ3v) is 2.88. The summed E-state index contributed by atoms with van der Waals surface area (Å²) in [5.74, 6) is 0. The van der Waals surface area contributed by atoms with Crippen LogP contribution < -0.4 is 4.57 Å². The van der Waals surface area contributed by atoms with E-state index in [0.717, 1.165) is 10.6 Å². The molecule has 3 heteroatoms. The molecule has 2 nitrogen and oxygen atoms in total. The summed E-state index contributed by atoms with van der Waals surface area (Å²) in [5, 5.41) is 10.7. The van der Waals surface area contributed by atoms with Crippen LogP contribution in [-0.2, 0) is 7.05 Å². The van der Waals surface area contributed by atoms with Gasteiger partial charge in [0, 0.05) is 0 Å². The lowest BCUT2D eigenvalue weighted by Crippen LogP contribution is -2.26. The van der Waals surface area contributed by atoms with Crippen LogP contribution in [0.4, 0.5) is 0 Å². The molecule has 66 valence electrons. The van der Waals surface area contributed by atoms with Crippen molar-refractivity contribution in [2.45, 2.75) is 0 Å². The second-order valence-electron chi connectivity index (χ2n) is 2.85. The monoisotopic (exact) mass is 192 g/mol. The zero-order valence-electron chi connectivity index (χ0n) is 7.27. The van der Waals surface area contributed by atoms with Crippen molar-refractivity contribution < 1.29 is 9.67 Å². The van der Waals surface area contributed by atoms with Crippen molar-refractivity contribution in [3.05, 3.63) is 36.5 Å². The van der Waals surface area contributed by atoms with Crippen molar-refractivity contribution in [3.63, 3.8) is 0 Å². The summed E-state index contributed by atoms with van der Waals surface area (Å²) in [6, 6.07) is 10.0. The molecular weight excluding hydrogens is 182 g/mol. The van der Waals surface area contributed by atoms with E-state index in [1.807, 2.05) is 41.9 Å². The van der Waals surface area contributed by atoms with Gasteiger partial charge < -0.3 is 5.11 Å². The Morgan fingerprint density at radius 2 is 1.92 bits per heavy atom. The summed E-state index contributed by atoms with van der Waals surface area (Å²) in [7, 11) is 1.93. The van der Waals surface area contributed by atoms with E-state index < -0.39 is 0 Å².